The number of nitrogens with one attached hydrogen (secondary N) is 1. The van der Waals surface area contributed by atoms with E-state index in [1.165, 1.54) is 18.3 Å². The number of nitrogens with zero attached hydrogens (tertiary/aromatic N) is 4. The van der Waals surface area contributed by atoms with E-state index in [2.05, 4.69) is 25.3 Å². The zero-order valence-corrected chi connectivity index (χ0v) is 16.9. The number of halogens is 1. The van der Waals surface area contributed by atoms with Gasteiger partial charge in [0.2, 0.25) is 11.9 Å². The molecule has 4 rings (SSSR count). The van der Waals surface area contributed by atoms with E-state index in [9.17, 15) is 9.18 Å². The molecule has 0 spiro atoms. The molecule has 10 heteroatoms. The predicted octanol–water partition coefficient (Wildman–Crippen LogP) is 3.67. The summed E-state index contributed by atoms with van der Waals surface area (Å²) in [5.41, 5.74) is 7.21. The van der Waals surface area contributed by atoms with Crippen LogP contribution in [0.4, 0.5) is 22.0 Å². The molecule has 0 saturated heterocycles. The summed E-state index contributed by atoms with van der Waals surface area (Å²) < 4.78 is 23.9. The molecule has 0 aliphatic carbocycles. The van der Waals surface area contributed by atoms with Crippen LogP contribution in [0.2, 0.25) is 0 Å². The third-order valence-corrected chi connectivity index (χ3v) is 4.32. The van der Waals surface area contributed by atoms with Crippen LogP contribution < -0.4 is 11.1 Å². The zero-order valence-electron chi connectivity index (χ0n) is 16.9. The van der Waals surface area contributed by atoms with Gasteiger partial charge >= 0.3 is 5.97 Å². The quantitative estimate of drug-likeness (QED) is 0.399. The van der Waals surface area contributed by atoms with Crippen LogP contribution in [0.15, 0.2) is 65.2 Å². The number of ether oxygens (including phenoxy) is 1. The molecule has 9 nitrogen and oxygen atoms in total. The molecule has 0 atom stereocenters. The van der Waals surface area contributed by atoms with Gasteiger partial charge in [-0.3, -0.25) is 4.79 Å². The second kappa shape index (κ2) is 9.65. The van der Waals surface area contributed by atoms with Crippen molar-refractivity contribution in [3.63, 3.8) is 0 Å². The number of para-hydroxylation sites is 1. The average molecular weight is 434 g/mol. The lowest BCUT2D eigenvalue weighted by atomic mass is 10.2. The Bertz CT molecular complexity index is 1200. The molecule has 0 aliphatic rings. The maximum absolute atomic E-state index is 13.0. The Labute approximate surface area is 182 Å². The highest BCUT2D eigenvalue weighted by molar-refractivity contribution is 5.69. The minimum Gasteiger partial charge on any atom is -0.457 e. The lowest BCUT2D eigenvalue weighted by molar-refractivity contribution is -0.145. The van der Waals surface area contributed by atoms with Crippen LogP contribution in [-0.4, -0.2) is 25.9 Å². The molecule has 162 valence electrons. The molecule has 0 unspecified atom stereocenters. The van der Waals surface area contributed by atoms with E-state index in [-0.39, 0.29) is 43.0 Å². The van der Waals surface area contributed by atoms with Gasteiger partial charge in [0.1, 0.15) is 5.82 Å². The summed E-state index contributed by atoms with van der Waals surface area (Å²) in [6.07, 6.45) is 1.84. The van der Waals surface area contributed by atoms with Gasteiger partial charge in [0.25, 0.3) is 0 Å². The molecule has 0 saturated carbocycles. The minimum absolute atomic E-state index is 0.0117. The van der Waals surface area contributed by atoms with Gasteiger partial charge in [-0.25, -0.2) is 9.37 Å². The summed E-state index contributed by atoms with van der Waals surface area (Å²) in [5.74, 6) is 0.550. The van der Waals surface area contributed by atoms with Crippen molar-refractivity contribution in [3.8, 4) is 11.3 Å². The fourth-order valence-corrected chi connectivity index (χ4v) is 2.81. The van der Waals surface area contributed by atoms with Gasteiger partial charge in [-0.15, -0.1) is 0 Å². The normalized spacial score (nSPS) is 10.7. The molecular formula is C22H19FN6O3. The minimum atomic E-state index is -0.469. The Kier molecular flexibility index (Phi) is 6.30. The molecule has 0 radical (unpaired) electrons. The predicted molar refractivity (Wildman–Crippen MR) is 114 cm³/mol. The lowest BCUT2D eigenvalue weighted by Crippen LogP contribution is -2.11. The number of hydrogen-bond donors (Lipinski definition) is 2. The highest BCUT2D eigenvalue weighted by Crippen LogP contribution is 2.21. The first-order valence-electron chi connectivity index (χ1n) is 9.74. The maximum atomic E-state index is 13.0. The summed E-state index contributed by atoms with van der Waals surface area (Å²) in [4.78, 5) is 28.5. The van der Waals surface area contributed by atoms with Gasteiger partial charge in [-0.2, -0.15) is 15.0 Å². The van der Waals surface area contributed by atoms with E-state index >= 15 is 0 Å². The van der Waals surface area contributed by atoms with Gasteiger partial charge in [-0.05, 0) is 36.4 Å². The number of nitrogens with two attached hydrogens (primary N) is 1. The average Bonchev–Trinajstić information content (AvgIpc) is 3.26. The number of hydrogen-bond acceptors (Lipinski definition) is 9. The number of benzene rings is 2. The summed E-state index contributed by atoms with van der Waals surface area (Å²) in [6.45, 7) is -0.151. The fraction of sp³-hybridized carbons (Fsp3) is 0.136. The van der Waals surface area contributed by atoms with Crippen molar-refractivity contribution in [1.82, 2.24) is 19.9 Å². The van der Waals surface area contributed by atoms with Gasteiger partial charge in [0, 0.05) is 17.7 Å². The van der Waals surface area contributed by atoms with Crippen molar-refractivity contribution in [2.24, 2.45) is 0 Å². The SMILES string of the molecule is Nc1nc(COC(=O)CCc2ncc(-c3ccc(F)cc3)o2)nc(Nc2ccccc2)n1. The van der Waals surface area contributed by atoms with Crippen molar-refractivity contribution in [2.45, 2.75) is 19.4 Å². The Hall–Kier alpha value is -4.34. The van der Waals surface area contributed by atoms with Gasteiger partial charge in [0.05, 0.1) is 12.6 Å². The van der Waals surface area contributed by atoms with E-state index in [0.29, 0.717) is 17.2 Å². The Morgan fingerprint density at radius 2 is 1.84 bits per heavy atom. The number of aromatic nitrogens is 4. The summed E-state index contributed by atoms with van der Waals surface area (Å²) in [6, 6.07) is 15.2. The van der Waals surface area contributed by atoms with E-state index in [0.717, 1.165) is 5.69 Å². The van der Waals surface area contributed by atoms with E-state index in [1.807, 2.05) is 30.3 Å². The number of anilines is 3. The van der Waals surface area contributed by atoms with Crippen molar-refractivity contribution >= 4 is 23.6 Å². The highest BCUT2D eigenvalue weighted by atomic mass is 19.1. The molecule has 2 aromatic carbocycles. The summed E-state index contributed by atoms with van der Waals surface area (Å²) in [7, 11) is 0. The third-order valence-electron chi connectivity index (χ3n) is 4.32. The van der Waals surface area contributed by atoms with Gasteiger partial charge in [0.15, 0.2) is 24.1 Å². The van der Waals surface area contributed by atoms with E-state index in [1.54, 1.807) is 12.1 Å². The van der Waals surface area contributed by atoms with Crippen LogP contribution in [0, 0.1) is 5.82 Å². The molecule has 2 aromatic heterocycles. The second-order valence-corrected chi connectivity index (χ2v) is 6.71. The smallest absolute Gasteiger partial charge is 0.306 e. The van der Waals surface area contributed by atoms with Crippen LogP contribution in [0.25, 0.3) is 11.3 Å². The lowest BCUT2D eigenvalue weighted by Gasteiger charge is -2.08. The number of oxazole rings is 1. The number of esters is 1. The van der Waals surface area contributed by atoms with Crippen LogP contribution in [0.3, 0.4) is 0 Å². The Balaban J connectivity index is 1.29. The highest BCUT2D eigenvalue weighted by Gasteiger charge is 2.12. The van der Waals surface area contributed by atoms with Crippen molar-refractivity contribution < 1.29 is 18.3 Å². The number of carbonyl (C=O) groups is 1. The molecular weight excluding hydrogens is 415 g/mol. The van der Waals surface area contributed by atoms with Crippen molar-refractivity contribution in [1.29, 1.82) is 0 Å². The standard InChI is InChI=1S/C22H19FN6O3/c23-15-8-6-14(7-9-15)17-12-25-19(32-17)10-11-20(30)31-13-18-27-21(24)29-22(28-18)26-16-4-2-1-3-5-16/h1-9,12H,10-11,13H2,(H3,24,26,27,28,29). The van der Waals surface area contributed by atoms with Crippen LogP contribution in [0.1, 0.15) is 18.1 Å². The monoisotopic (exact) mass is 434 g/mol. The Morgan fingerprint density at radius 3 is 2.62 bits per heavy atom. The number of carbonyl (C=O) groups excluding carboxylic acids is 1. The van der Waals surface area contributed by atoms with Crippen LogP contribution in [-0.2, 0) is 22.6 Å². The number of aryl methyl sites for hydroxylation is 1. The summed E-state index contributed by atoms with van der Waals surface area (Å²) in [5, 5.41) is 3.01. The van der Waals surface area contributed by atoms with E-state index < -0.39 is 5.97 Å². The second-order valence-electron chi connectivity index (χ2n) is 6.71. The van der Waals surface area contributed by atoms with Crippen LogP contribution >= 0.6 is 0 Å². The molecule has 2 heterocycles. The first-order valence-corrected chi connectivity index (χ1v) is 9.74. The topological polar surface area (TPSA) is 129 Å². The zero-order chi connectivity index (χ0) is 22.3. The molecule has 4 aromatic rings. The number of rotatable bonds is 8. The molecule has 32 heavy (non-hydrogen) atoms. The molecule has 0 aliphatic heterocycles. The molecule has 3 N–H and O–H groups in total. The Morgan fingerprint density at radius 1 is 1.06 bits per heavy atom. The molecule has 0 bridgehead atoms. The largest absolute Gasteiger partial charge is 0.457 e. The van der Waals surface area contributed by atoms with Crippen LogP contribution in [0.5, 0.6) is 0 Å². The summed E-state index contributed by atoms with van der Waals surface area (Å²) >= 11 is 0. The molecule has 0 fully saturated rings. The van der Waals surface area contributed by atoms with E-state index in [4.69, 9.17) is 14.9 Å². The van der Waals surface area contributed by atoms with Crippen molar-refractivity contribution in [2.75, 3.05) is 11.1 Å². The molecule has 0 amide bonds. The third kappa shape index (κ3) is 5.63. The van der Waals surface area contributed by atoms with Crippen molar-refractivity contribution in [3.05, 3.63) is 78.3 Å². The number of nitrogen functional groups attached to an aromatic ring is 1. The van der Waals surface area contributed by atoms with Gasteiger partial charge < -0.3 is 20.2 Å². The first-order chi connectivity index (χ1) is 15.5. The maximum Gasteiger partial charge on any atom is 0.306 e. The first kappa shape index (κ1) is 20.9. The van der Waals surface area contributed by atoms with Gasteiger partial charge in [-0.1, -0.05) is 18.2 Å². The fourth-order valence-electron chi connectivity index (χ4n) is 2.81.